The molecule has 6 heteroatoms. The SMILES string of the molecule is COc1ccc(C)cc1NC(=O)NC(C)C(=O)O. The molecule has 2 amide bonds. The third-order valence-electron chi connectivity index (χ3n) is 2.32. The van der Waals surface area contributed by atoms with Crippen LogP contribution in [0.4, 0.5) is 10.5 Å². The first-order valence-corrected chi connectivity index (χ1v) is 5.39. The van der Waals surface area contributed by atoms with Crippen molar-refractivity contribution in [3.8, 4) is 5.75 Å². The maximum absolute atomic E-state index is 11.6. The first-order chi connectivity index (χ1) is 8.43. The largest absolute Gasteiger partial charge is 0.495 e. The summed E-state index contributed by atoms with van der Waals surface area (Å²) in [6.07, 6.45) is 0. The van der Waals surface area contributed by atoms with Crippen LogP contribution in [0, 0.1) is 6.92 Å². The van der Waals surface area contributed by atoms with E-state index in [1.54, 1.807) is 12.1 Å². The molecule has 0 bridgehead atoms. The number of urea groups is 1. The van der Waals surface area contributed by atoms with Gasteiger partial charge in [-0.25, -0.2) is 4.79 Å². The van der Waals surface area contributed by atoms with Gasteiger partial charge in [0, 0.05) is 0 Å². The number of hydrogen-bond donors (Lipinski definition) is 3. The van der Waals surface area contributed by atoms with Crippen LogP contribution in [0.15, 0.2) is 18.2 Å². The summed E-state index contributed by atoms with van der Waals surface area (Å²) in [5.74, 6) is -0.583. The highest BCUT2D eigenvalue weighted by Crippen LogP contribution is 2.24. The van der Waals surface area contributed by atoms with Crippen molar-refractivity contribution in [2.75, 3.05) is 12.4 Å². The molecule has 1 rings (SSSR count). The number of amides is 2. The molecule has 3 N–H and O–H groups in total. The lowest BCUT2D eigenvalue weighted by Gasteiger charge is -2.13. The molecule has 1 aromatic carbocycles. The third-order valence-corrected chi connectivity index (χ3v) is 2.32. The number of benzene rings is 1. The Bertz CT molecular complexity index is 459. The van der Waals surface area contributed by atoms with Gasteiger partial charge in [0.05, 0.1) is 12.8 Å². The van der Waals surface area contributed by atoms with Crippen molar-refractivity contribution in [1.82, 2.24) is 5.32 Å². The molecule has 0 radical (unpaired) electrons. The van der Waals surface area contributed by atoms with E-state index in [1.165, 1.54) is 14.0 Å². The van der Waals surface area contributed by atoms with Gasteiger partial charge in [0.25, 0.3) is 0 Å². The highest BCUT2D eigenvalue weighted by Gasteiger charge is 2.15. The number of methoxy groups -OCH3 is 1. The van der Waals surface area contributed by atoms with Crippen LogP contribution in [0.5, 0.6) is 5.75 Å². The molecule has 0 spiro atoms. The van der Waals surface area contributed by atoms with Gasteiger partial charge < -0.3 is 20.5 Å². The van der Waals surface area contributed by atoms with Crippen molar-refractivity contribution < 1.29 is 19.4 Å². The van der Waals surface area contributed by atoms with Crippen LogP contribution in [-0.2, 0) is 4.79 Å². The molecule has 1 atom stereocenters. The molecule has 0 heterocycles. The maximum Gasteiger partial charge on any atom is 0.325 e. The monoisotopic (exact) mass is 252 g/mol. The van der Waals surface area contributed by atoms with Gasteiger partial charge in [0.2, 0.25) is 0 Å². The summed E-state index contributed by atoms with van der Waals surface area (Å²) in [6.45, 7) is 3.26. The molecule has 0 aliphatic carbocycles. The summed E-state index contributed by atoms with van der Waals surface area (Å²) in [5, 5.41) is 13.5. The van der Waals surface area contributed by atoms with E-state index in [0.29, 0.717) is 11.4 Å². The number of anilines is 1. The van der Waals surface area contributed by atoms with Crippen LogP contribution in [-0.4, -0.2) is 30.3 Å². The fourth-order valence-electron chi connectivity index (χ4n) is 1.34. The predicted octanol–water partition coefficient (Wildman–Crippen LogP) is 1.60. The Kier molecular flexibility index (Phi) is 4.53. The fourth-order valence-corrected chi connectivity index (χ4v) is 1.34. The van der Waals surface area contributed by atoms with E-state index in [0.717, 1.165) is 5.56 Å². The van der Waals surface area contributed by atoms with Gasteiger partial charge in [0.15, 0.2) is 0 Å². The Morgan fingerprint density at radius 2 is 2.06 bits per heavy atom. The smallest absolute Gasteiger partial charge is 0.325 e. The quantitative estimate of drug-likeness (QED) is 0.759. The molecule has 0 saturated carbocycles. The van der Waals surface area contributed by atoms with Crippen LogP contribution in [0.25, 0.3) is 0 Å². The zero-order valence-electron chi connectivity index (χ0n) is 10.5. The van der Waals surface area contributed by atoms with Crippen molar-refractivity contribution >= 4 is 17.7 Å². The molecule has 1 aromatic rings. The Balaban J connectivity index is 2.75. The summed E-state index contributed by atoms with van der Waals surface area (Å²) in [5.41, 5.74) is 1.45. The van der Waals surface area contributed by atoms with E-state index in [2.05, 4.69) is 10.6 Å². The van der Waals surface area contributed by atoms with Gasteiger partial charge in [-0.2, -0.15) is 0 Å². The van der Waals surface area contributed by atoms with E-state index in [9.17, 15) is 9.59 Å². The van der Waals surface area contributed by atoms with Gasteiger partial charge in [-0.3, -0.25) is 4.79 Å². The first kappa shape index (κ1) is 13.8. The minimum atomic E-state index is -1.10. The lowest BCUT2D eigenvalue weighted by Crippen LogP contribution is -2.40. The number of aliphatic carboxylic acids is 1. The Labute approximate surface area is 105 Å². The van der Waals surface area contributed by atoms with Crippen molar-refractivity contribution in [1.29, 1.82) is 0 Å². The fraction of sp³-hybridized carbons (Fsp3) is 0.333. The second-order valence-electron chi connectivity index (χ2n) is 3.86. The van der Waals surface area contributed by atoms with E-state index in [-0.39, 0.29) is 0 Å². The number of carbonyl (C=O) groups excluding carboxylic acids is 1. The molecule has 0 saturated heterocycles. The lowest BCUT2D eigenvalue weighted by molar-refractivity contribution is -0.138. The molecular weight excluding hydrogens is 236 g/mol. The minimum absolute atomic E-state index is 0.493. The highest BCUT2D eigenvalue weighted by atomic mass is 16.5. The van der Waals surface area contributed by atoms with Crippen molar-refractivity contribution in [2.24, 2.45) is 0 Å². The Morgan fingerprint density at radius 3 is 2.61 bits per heavy atom. The molecule has 0 aliphatic rings. The second-order valence-corrected chi connectivity index (χ2v) is 3.86. The van der Waals surface area contributed by atoms with E-state index < -0.39 is 18.0 Å². The van der Waals surface area contributed by atoms with Crippen LogP contribution in [0.2, 0.25) is 0 Å². The third kappa shape index (κ3) is 3.65. The zero-order valence-corrected chi connectivity index (χ0v) is 10.5. The molecule has 1 unspecified atom stereocenters. The number of ether oxygens (including phenoxy) is 1. The summed E-state index contributed by atoms with van der Waals surface area (Å²) in [6, 6.07) is 3.77. The number of carbonyl (C=O) groups is 2. The van der Waals surface area contributed by atoms with E-state index in [1.807, 2.05) is 13.0 Å². The molecule has 0 aromatic heterocycles. The zero-order chi connectivity index (χ0) is 13.7. The van der Waals surface area contributed by atoms with E-state index in [4.69, 9.17) is 9.84 Å². The normalized spacial score (nSPS) is 11.5. The van der Waals surface area contributed by atoms with Gasteiger partial charge in [-0.15, -0.1) is 0 Å². The van der Waals surface area contributed by atoms with Crippen molar-refractivity contribution in [2.45, 2.75) is 19.9 Å². The molecule has 18 heavy (non-hydrogen) atoms. The topological polar surface area (TPSA) is 87.7 Å². The average molecular weight is 252 g/mol. The maximum atomic E-state index is 11.6. The van der Waals surface area contributed by atoms with Gasteiger partial charge in [-0.05, 0) is 31.5 Å². The Morgan fingerprint density at radius 1 is 1.39 bits per heavy atom. The number of carboxylic acids is 1. The second kappa shape index (κ2) is 5.90. The van der Waals surface area contributed by atoms with E-state index >= 15 is 0 Å². The van der Waals surface area contributed by atoms with Crippen LogP contribution in [0.3, 0.4) is 0 Å². The molecular formula is C12H16N2O4. The summed E-state index contributed by atoms with van der Waals surface area (Å²) < 4.78 is 5.09. The number of aryl methyl sites for hydroxylation is 1. The molecule has 98 valence electrons. The minimum Gasteiger partial charge on any atom is -0.495 e. The highest BCUT2D eigenvalue weighted by molar-refractivity contribution is 5.93. The van der Waals surface area contributed by atoms with Gasteiger partial charge >= 0.3 is 12.0 Å². The first-order valence-electron chi connectivity index (χ1n) is 5.39. The summed E-state index contributed by atoms with van der Waals surface area (Å²) in [7, 11) is 1.49. The standard InChI is InChI=1S/C12H16N2O4/c1-7-4-5-10(18-3)9(6-7)14-12(17)13-8(2)11(15)16/h4-6,8H,1-3H3,(H,15,16)(H2,13,14,17). The van der Waals surface area contributed by atoms with Gasteiger partial charge in [-0.1, -0.05) is 6.07 Å². The number of carboxylic acid groups (broad SMARTS) is 1. The predicted molar refractivity (Wildman–Crippen MR) is 67.0 cm³/mol. The number of rotatable bonds is 4. The number of hydrogen-bond acceptors (Lipinski definition) is 3. The Hall–Kier alpha value is -2.24. The molecule has 6 nitrogen and oxygen atoms in total. The van der Waals surface area contributed by atoms with Crippen LogP contribution in [0.1, 0.15) is 12.5 Å². The van der Waals surface area contributed by atoms with Crippen LogP contribution < -0.4 is 15.4 Å². The average Bonchev–Trinajstić information content (AvgIpc) is 2.28. The summed E-state index contributed by atoms with van der Waals surface area (Å²) >= 11 is 0. The van der Waals surface area contributed by atoms with Crippen molar-refractivity contribution in [3.05, 3.63) is 23.8 Å². The summed E-state index contributed by atoms with van der Waals surface area (Å²) in [4.78, 5) is 22.2. The van der Waals surface area contributed by atoms with Crippen LogP contribution >= 0.6 is 0 Å². The number of nitrogens with one attached hydrogen (secondary N) is 2. The lowest BCUT2D eigenvalue weighted by atomic mass is 10.2. The molecule has 0 aliphatic heterocycles. The van der Waals surface area contributed by atoms with Crippen molar-refractivity contribution in [3.63, 3.8) is 0 Å². The molecule has 0 fully saturated rings. The van der Waals surface area contributed by atoms with Gasteiger partial charge in [0.1, 0.15) is 11.8 Å².